The molecule has 5 heterocycles. The summed E-state index contributed by atoms with van der Waals surface area (Å²) in [5, 5.41) is 0.793. The molecule has 7 aromatic rings. The van der Waals surface area contributed by atoms with E-state index < -0.39 is 23.1 Å². The van der Waals surface area contributed by atoms with Crippen molar-refractivity contribution in [2.24, 2.45) is 0 Å². The lowest BCUT2D eigenvalue weighted by atomic mass is 10.0. The van der Waals surface area contributed by atoms with Crippen LogP contribution in [0.15, 0.2) is 113 Å². The summed E-state index contributed by atoms with van der Waals surface area (Å²) in [5.74, 6) is -0.903. The molecule has 0 bridgehead atoms. The fourth-order valence-corrected chi connectivity index (χ4v) is 5.66. The number of nitrogens with zero attached hydrogens (tertiary/aromatic N) is 4. The van der Waals surface area contributed by atoms with Crippen LogP contribution in [0.2, 0.25) is 0 Å². The topological polar surface area (TPSA) is 128 Å². The molecule has 5 aromatic heterocycles. The molecular weight excluding hydrogens is 683 g/mol. The van der Waals surface area contributed by atoms with Gasteiger partial charge < -0.3 is 9.55 Å². The van der Waals surface area contributed by atoms with Crippen molar-refractivity contribution in [2.75, 3.05) is 0 Å². The Morgan fingerprint density at radius 3 is 1.85 bits per heavy atom. The lowest BCUT2D eigenvalue weighted by Gasteiger charge is -2.14. The first-order valence-corrected chi connectivity index (χ1v) is 16.5. The van der Waals surface area contributed by atoms with Crippen molar-refractivity contribution >= 4 is 33.4 Å². The van der Waals surface area contributed by atoms with E-state index >= 15 is 0 Å². The van der Waals surface area contributed by atoms with Crippen LogP contribution in [-0.2, 0) is 12.7 Å². The zero-order valence-corrected chi connectivity index (χ0v) is 29.1. The number of aromatic amines is 1. The first-order chi connectivity index (χ1) is 25.2. The number of nitrogens with one attached hydrogen (secondary N) is 1. The van der Waals surface area contributed by atoms with Gasteiger partial charge in [-0.05, 0) is 87.4 Å². The molecule has 0 saturated carbocycles. The number of H-pyrrole nitrogens is 1. The van der Waals surface area contributed by atoms with Gasteiger partial charge in [-0.3, -0.25) is 19.2 Å². The van der Waals surface area contributed by atoms with Crippen LogP contribution in [0.4, 0.5) is 13.2 Å². The van der Waals surface area contributed by atoms with E-state index in [1.807, 2.05) is 32.9 Å². The van der Waals surface area contributed by atoms with Crippen LogP contribution >= 0.6 is 0 Å². The van der Waals surface area contributed by atoms with Crippen LogP contribution < -0.4 is 10.9 Å². The number of hydrogen-bond donors (Lipinski definition) is 1. The average molecular weight is 716 g/mol. The summed E-state index contributed by atoms with van der Waals surface area (Å²) < 4.78 is 40.8. The first-order valence-electron chi connectivity index (χ1n) is 16.5. The number of pyridine rings is 5. The average Bonchev–Trinajstić information content (AvgIpc) is 3.15. The van der Waals surface area contributed by atoms with E-state index in [4.69, 9.17) is 0 Å². The van der Waals surface area contributed by atoms with Crippen LogP contribution in [0.5, 0.6) is 0 Å². The van der Waals surface area contributed by atoms with E-state index in [9.17, 15) is 32.3 Å². The second kappa shape index (κ2) is 14.6. The molecule has 1 N–H and O–H groups in total. The van der Waals surface area contributed by atoms with Crippen LogP contribution in [0.3, 0.4) is 0 Å². The number of carbonyl (C=O) groups is 2. The Labute approximate surface area is 300 Å². The minimum Gasteiger partial charge on any atom is -0.360 e. The summed E-state index contributed by atoms with van der Waals surface area (Å²) in [5.41, 5.74) is 3.43. The van der Waals surface area contributed by atoms with Crippen LogP contribution in [0.1, 0.15) is 66.0 Å². The van der Waals surface area contributed by atoms with E-state index in [0.717, 1.165) is 22.9 Å². The fourth-order valence-electron chi connectivity index (χ4n) is 5.66. The third kappa shape index (κ3) is 7.57. The smallest absolute Gasteiger partial charge is 0.360 e. The molecule has 0 aliphatic heterocycles. The molecular formula is C41H32F3N5O4. The van der Waals surface area contributed by atoms with Crippen molar-refractivity contribution in [3.05, 3.63) is 180 Å². The van der Waals surface area contributed by atoms with Crippen molar-refractivity contribution in [1.82, 2.24) is 24.5 Å². The molecule has 9 nitrogen and oxygen atoms in total. The minimum absolute atomic E-state index is 0.0503. The molecule has 0 atom stereocenters. The predicted molar refractivity (Wildman–Crippen MR) is 195 cm³/mol. The molecule has 12 heteroatoms. The van der Waals surface area contributed by atoms with Gasteiger partial charge in [0.2, 0.25) is 22.4 Å². The summed E-state index contributed by atoms with van der Waals surface area (Å²) in [7, 11) is 0. The van der Waals surface area contributed by atoms with Gasteiger partial charge in [0.15, 0.2) is 0 Å². The van der Waals surface area contributed by atoms with Gasteiger partial charge in [-0.25, -0.2) is 15.0 Å². The van der Waals surface area contributed by atoms with Crippen molar-refractivity contribution in [1.29, 1.82) is 0 Å². The molecule has 7 rings (SSSR count). The monoisotopic (exact) mass is 715 g/mol. The largest absolute Gasteiger partial charge is 0.433 e. The zero-order valence-electron chi connectivity index (χ0n) is 29.1. The lowest BCUT2D eigenvalue weighted by molar-refractivity contribution is -0.141. The highest BCUT2D eigenvalue weighted by atomic mass is 19.4. The molecule has 0 aliphatic carbocycles. The number of aromatic nitrogens is 5. The molecule has 2 aromatic carbocycles. The molecule has 0 saturated heterocycles. The maximum Gasteiger partial charge on any atom is 0.433 e. The summed E-state index contributed by atoms with van der Waals surface area (Å²) in [6, 6.07) is 24.2. The minimum atomic E-state index is -4.57. The third-order valence-electron chi connectivity index (χ3n) is 8.86. The number of para-hydroxylation sites is 2. The van der Waals surface area contributed by atoms with Crippen molar-refractivity contribution in [2.45, 2.75) is 40.4 Å². The Hall–Kier alpha value is -6.56. The highest BCUT2D eigenvalue weighted by Gasteiger charge is 2.32. The Balaban J connectivity index is 0.000000198. The summed E-state index contributed by atoms with van der Waals surface area (Å²) in [6.45, 7) is 7.35. The van der Waals surface area contributed by atoms with E-state index in [-0.39, 0.29) is 45.7 Å². The van der Waals surface area contributed by atoms with Gasteiger partial charge >= 0.3 is 6.18 Å². The number of ketones is 2. The number of benzene rings is 2. The second-order valence-electron chi connectivity index (χ2n) is 12.5. The van der Waals surface area contributed by atoms with Gasteiger partial charge in [0.05, 0.1) is 28.9 Å². The van der Waals surface area contributed by atoms with Crippen molar-refractivity contribution in [3.8, 4) is 0 Å². The number of alkyl halides is 3. The van der Waals surface area contributed by atoms with Crippen LogP contribution in [0, 0.1) is 27.7 Å². The highest BCUT2D eigenvalue weighted by Crippen LogP contribution is 2.28. The van der Waals surface area contributed by atoms with Crippen LogP contribution in [0.25, 0.3) is 21.8 Å². The van der Waals surface area contributed by atoms with Gasteiger partial charge in [0.1, 0.15) is 17.1 Å². The molecule has 0 unspecified atom stereocenters. The summed E-state index contributed by atoms with van der Waals surface area (Å²) in [4.78, 5) is 66.3. The molecule has 0 fully saturated rings. The molecule has 0 radical (unpaired) electrons. The Morgan fingerprint density at radius 2 is 1.23 bits per heavy atom. The summed E-state index contributed by atoms with van der Waals surface area (Å²) in [6.07, 6.45) is -1.74. The SMILES string of the molecule is Cc1ccc(C(=O)c2c[nH]c3ccccc3c2=O)nc1C.Cc1ccc(C(=O)c2cn(Cc3cccc(C(F)(F)F)n3)c3ccccc3c2=O)nc1C. The molecule has 266 valence electrons. The lowest BCUT2D eigenvalue weighted by Crippen LogP contribution is -2.21. The van der Waals surface area contributed by atoms with E-state index in [1.165, 1.54) is 24.5 Å². The van der Waals surface area contributed by atoms with Gasteiger partial charge in [-0.15, -0.1) is 0 Å². The number of fused-ring (bicyclic) bond motifs is 2. The Kier molecular flexibility index (Phi) is 9.97. The zero-order chi connectivity index (χ0) is 38.0. The van der Waals surface area contributed by atoms with Crippen molar-refractivity contribution in [3.63, 3.8) is 0 Å². The highest BCUT2D eigenvalue weighted by molar-refractivity contribution is 6.09. The first kappa shape index (κ1) is 36.2. The standard InChI is InChI=1S/C24H18F3N3O2.C17H14N2O2/c1-14-10-11-19(28-15(14)2)23(32)18-13-30(20-8-4-3-7-17(20)22(18)31)12-16-6-5-9-21(29-16)24(25,26)27;1-10-7-8-15(19-11(10)2)17(21)13-9-18-14-6-4-3-5-12(14)16(13)20/h3-11,13H,12H2,1-2H3;3-9H,1-2H3,(H,18,20). The summed E-state index contributed by atoms with van der Waals surface area (Å²) >= 11 is 0. The molecule has 53 heavy (non-hydrogen) atoms. The number of aryl methyl sites for hydroxylation is 4. The fraction of sp³-hybridized carbons (Fsp3) is 0.146. The molecule has 0 aliphatic rings. The van der Waals surface area contributed by atoms with Gasteiger partial charge in [0.25, 0.3) is 0 Å². The number of rotatable bonds is 6. The number of halogens is 3. The number of hydrogen-bond acceptors (Lipinski definition) is 7. The number of carbonyl (C=O) groups excluding carboxylic acids is 2. The van der Waals surface area contributed by atoms with E-state index in [2.05, 4.69) is 19.9 Å². The maximum atomic E-state index is 13.1. The van der Waals surface area contributed by atoms with Crippen LogP contribution in [-0.4, -0.2) is 36.1 Å². The van der Waals surface area contributed by atoms with Crippen molar-refractivity contribution < 1.29 is 22.8 Å². The van der Waals surface area contributed by atoms with Gasteiger partial charge in [-0.1, -0.05) is 42.5 Å². The third-order valence-corrected chi connectivity index (χ3v) is 8.86. The molecule has 0 amide bonds. The Bertz CT molecular complexity index is 2680. The Morgan fingerprint density at radius 1 is 0.660 bits per heavy atom. The van der Waals surface area contributed by atoms with Gasteiger partial charge in [-0.2, -0.15) is 13.2 Å². The maximum absolute atomic E-state index is 13.1. The second-order valence-corrected chi connectivity index (χ2v) is 12.5. The normalized spacial score (nSPS) is 11.3. The van der Waals surface area contributed by atoms with E-state index in [0.29, 0.717) is 27.8 Å². The van der Waals surface area contributed by atoms with E-state index in [1.54, 1.807) is 72.2 Å². The molecule has 0 spiro atoms. The van der Waals surface area contributed by atoms with Gasteiger partial charge in [0, 0.05) is 40.1 Å². The predicted octanol–water partition coefficient (Wildman–Crippen LogP) is 7.48. The quantitative estimate of drug-likeness (QED) is 0.177.